The van der Waals surface area contributed by atoms with E-state index in [0.29, 0.717) is 32.7 Å². The van der Waals surface area contributed by atoms with Crippen LogP contribution in [-0.2, 0) is 27.8 Å². The van der Waals surface area contributed by atoms with Crippen LogP contribution in [0.3, 0.4) is 0 Å². The molecule has 2 aromatic carbocycles. The molecule has 0 spiro atoms. The molecule has 0 bridgehead atoms. The van der Waals surface area contributed by atoms with E-state index in [1.54, 1.807) is 29.2 Å². The molecule has 10 heteroatoms. The highest BCUT2D eigenvalue weighted by Gasteiger charge is 2.21. The van der Waals surface area contributed by atoms with Crippen molar-refractivity contribution in [2.24, 2.45) is 5.14 Å². The monoisotopic (exact) mass is 418 g/mol. The Morgan fingerprint density at radius 3 is 2.28 bits per heavy atom. The molecule has 3 rings (SSSR count). The number of hydrogen-bond acceptors (Lipinski definition) is 6. The second kappa shape index (κ2) is 8.68. The van der Waals surface area contributed by atoms with E-state index < -0.39 is 14.9 Å². The van der Waals surface area contributed by atoms with Gasteiger partial charge in [-0.15, -0.1) is 0 Å². The number of carbonyl (C=O) groups excluding carboxylic acids is 1. The van der Waals surface area contributed by atoms with Crippen LogP contribution in [-0.4, -0.2) is 55.2 Å². The number of benzene rings is 2. The molecule has 1 fully saturated rings. The molecule has 0 radical (unpaired) electrons. The van der Waals surface area contributed by atoms with E-state index in [1.165, 1.54) is 18.2 Å². The molecule has 1 aliphatic rings. The average Bonchev–Trinajstić information content (AvgIpc) is 2.68. The third-order valence-corrected chi connectivity index (χ3v) is 5.79. The number of nitrogens with zero attached hydrogens (tertiary/aromatic N) is 3. The fourth-order valence-corrected chi connectivity index (χ4v) is 3.78. The molecule has 2 aromatic rings. The zero-order chi connectivity index (χ0) is 21.0. The van der Waals surface area contributed by atoms with Crippen LogP contribution >= 0.6 is 0 Å². The van der Waals surface area contributed by atoms with Gasteiger partial charge in [-0.25, -0.2) is 13.6 Å². The van der Waals surface area contributed by atoms with Crippen LogP contribution in [0.5, 0.6) is 0 Å². The molecule has 1 heterocycles. The Kier molecular flexibility index (Phi) is 6.26. The lowest BCUT2D eigenvalue weighted by Crippen LogP contribution is -2.48. The molecule has 0 saturated carbocycles. The van der Waals surface area contributed by atoms with Gasteiger partial charge >= 0.3 is 0 Å². The normalized spacial score (nSPS) is 15.3. The molecule has 2 N–H and O–H groups in total. The fraction of sp³-hybridized carbons (Fsp3) is 0.316. The standard InChI is InChI=1S/C19H22N4O5S/c20-29(27,28)18-6-4-15(5-7-18)13-19(24)22-10-8-21(9-11-22)14-16-2-1-3-17(12-16)23(25)26/h1-7,12H,8-11,13-14H2,(H2,20,27,28). The number of hydrogen-bond donors (Lipinski definition) is 1. The van der Waals surface area contributed by atoms with Crippen molar-refractivity contribution in [2.75, 3.05) is 26.2 Å². The van der Waals surface area contributed by atoms with Crippen molar-refractivity contribution in [2.45, 2.75) is 17.9 Å². The van der Waals surface area contributed by atoms with E-state index in [1.807, 2.05) is 6.07 Å². The summed E-state index contributed by atoms with van der Waals surface area (Å²) in [6.45, 7) is 3.10. The topological polar surface area (TPSA) is 127 Å². The molecule has 0 atom stereocenters. The minimum absolute atomic E-state index is 0.0171. The maximum Gasteiger partial charge on any atom is 0.269 e. The fourth-order valence-electron chi connectivity index (χ4n) is 3.27. The van der Waals surface area contributed by atoms with E-state index >= 15 is 0 Å². The summed E-state index contributed by atoms with van der Waals surface area (Å²) < 4.78 is 22.6. The Balaban J connectivity index is 1.52. The lowest BCUT2D eigenvalue weighted by molar-refractivity contribution is -0.384. The molecule has 29 heavy (non-hydrogen) atoms. The summed E-state index contributed by atoms with van der Waals surface area (Å²) in [7, 11) is -3.75. The van der Waals surface area contributed by atoms with Gasteiger partial charge in [0.05, 0.1) is 16.2 Å². The van der Waals surface area contributed by atoms with E-state index in [-0.39, 0.29) is 22.9 Å². The average molecular weight is 418 g/mol. The summed E-state index contributed by atoms with van der Waals surface area (Å²) in [4.78, 5) is 27.0. The first kappa shape index (κ1) is 20.9. The van der Waals surface area contributed by atoms with Crippen LogP contribution in [0.15, 0.2) is 53.4 Å². The van der Waals surface area contributed by atoms with Gasteiger partial charge in [-0.05, 0) is 23.3 Å². The largest absolute Gasteiger partial charge is 0.340 e. The zero-order valence-corrected chi connectivity index (χ0v) is 16.5. The molecule has 154 valence electrons. The van der Waals surface area contributed by atoms with Gasteiger partial charge < -0.3 is 4.90 Å². The number of rotatable bonds is 6. The number of nitro groups is 1. The van der Waals surface area contributed by atoms with Crippen LogP contribution in [0, 0.1) is 10.1 Å². The lowest BCUT2D eigenvalue weighted by Gasteiger charge is -2.34. The Hall–Kier alpha value is -2.82. The van der Waals surface area contributed by atoms with Crippen molar-refractivity contribution in [3.8, 4) is 0 Å². The predicted octanol–water partition coefficient (Wildman–Crippen LogP) is 1.13. The van der Waals surface area contributed by atoms with Crippen molar-refractivity contribution >= 4 is 21.6 Å². The molecule has 9 nitrogen and oxygen atoms in total. The van der Waals surface area contributed by atoms with E-state index in [9.17, 15) is 23.3 Å². The summed E-state index contributed by atoms with van der Waals surface area (Å²) in [6, 6.07) is 12.6. The van der Waals surface area contributed by atoms with Crippen LogP contribution in [0.1, 0.15) is 11.1 Å². The van der Waals surface area contributed by atoms with Gasteiger partial charge in [0.15, 0.2) is 0 Å². The first-order valence-electron chi connectivity index (χ1n) is 9.07. The van der Waals surface area contributed by atoms with Gasteiger partial charge in [0.2, 0.25) is 15.9 Å². The third-order valence-electron chi connectivity index (χ3n) is 4.86. The molecule has 0 aromatic heterocycles. The summed E-state index contributed by atoms with van der Waals surface area (Å²) in [6.07, 6.45) is 0.190. The molecule has 0 aliphatic carbocycles. The maximum absolute atomic E-state index is 12.5. The number of piperazine rings is 1. The molecule has 1 aliphatic heterocycles. The van der Waals surface area contributed by atoms with Gasteiger partial charge in [-0.2, -0.15) is 0 Å². The van der Waals surface area contributed by atoms with Crippen LogP contribution in [0.25, 0.3) is 0 Å². The van der Waals surface area contributed by atoms with E-state index in [2.05, 4.69) is 4.90 Å². The van der Waals surface area contributed by atoms with Gasteiger partial charge in [0, 0.05) is 44.9 Å². The minimum atomic E-state index is -3.75. The highest BCUT2D eigenvalue weighted by molar-refractivity contribution is 7.89. The van der Waals surface area contributed by atoms with Gasteiger partial charge in [0.1, 0.15) is 0 Å². The first-order chi connectivity index (χ1) is 13.7. The molecular formula is C19H22N4O5S. The molecule has 1 amide bonds. The Morgan fingerprint density at radius 2 is 1.69 bits per heavy atom. The zero-order valence-electron chi connectivity index (χ0n) is 15.7. The summed E-state index contributed by atoms with van der Waals surface area (Å²) >= 11 is 0. The lowest BCUT2D eigenvalue weighted by atomic mass is 10.1. The summed E-state index contributed by atoms with van der Waals surface area (Å²) in [5.74, 6) is -0.0247. The molecule has 0 unspecified atom stereocenters. The molecule has 1 saturated heterocycles. The SMILES string of the molecule is NS(=O)(=O)c1ccc(CC(=O)N2CCN(Cc3cccc([N+](=O)[O-])c3)CC2)cc1. The summed E-state index contributed by atoms with van der Waals surface area (Å²) in [5, 5.41) is 16.0. The Labute approximate surface area is 168 Å². The van der Waals surface area contributed by atoms with Crippen molar-refractivity contribution in [3.63, 3.8) is 0 Å². The Bertz CT molecular complexity index is 1000. The van der Waals surface area contributed by atoms with E-state index in [4.69, 9.17) is 5.14 Å². The second-order valence-corrected chi connectivity index (χ2v) is 8.51. The molecular weight excluding hydrogens is 396 g/mol. The minimum Gasteiger partial charge on any atom is -0.340 e. The number of nitrogens with two attached hydrogens (primary N) is 1. The van der Waals surface area contributed by atoms with Gasteiger partial charge in [-0.3, -0.25) is 19.8 Å². The summed E-state index contributed by atoms with van der Waals surface area (Å²) in [5.41, 5.74) is 1.67. The number of amides is 1. The predicted molar refractivity (Wildman–Crippen MR) is 106 cm³/mol. The van der Waals surface area contributed by atoms with Crippen LogP contribution < -0.4 is 5.14 Å². The van der Waals surface area contributed by atoms with Crippen molar-refractivity contribution in [3.05, 3.63) is 69.8 Å². The number of carbonyl (C=O) groups is 1. The second-order valence-electron chi connectivity index (χ2n) is 6.95. The van der Waals surface area contributed by atoms with Crippen molar-refractivity contribution in [1.29, 1.82) is 0 Å². The number of primary sulfonamides is 1. The Morgan fingerprint density at radius 1 is 1.03 bits per heavy atom. The van der Waals surface area contributed by atoms with Crippen molar-refractivity contribution < 1.29 is 18.1 Å². The third kappa shape index (κ3) is 5.59. The van der Waals surface area contributed by atoms with Gasteiger partial charge in [-0.1, -0.05) is 24.3 Å². The first-order valence-corrected chi connectivity index (χ1v) is 10.6. The number of non-ortho nitro benzene ring substituents is 1. The highest BCUT2D eigenvalue weighted by Crippen LogP contribution is 2.16. The van der Waals surface area contributed by atoms with Crippen LogP contribution in [0.2, 0.25) is 0 Å². The smallest absolute Gasteiger partial charge is 0.269 e. The number of nitro benzene ring substituents is 1. The highest BCUT2D eigenvalue weighted by atomic mass is 32.2. The van der Waals surface area contributed by atoms with E-state index in [0.717, 1.165) is 11.1 Å². The number of sulfonamides is 1. The van der Waals surface area contributed by atoms with Crippen molar-refractivity contribution in [1.82, 2.24) is 9.80 Å². The quantitative estimate of drug-likeness (QED) is 0.553. The van der Waals surface area contributed by atoms with Gasteiger partial charge in [0.25, 0.3) is 5.69 Å². The van der Waals surface area contributed by atoms with Crippen LogP contribution in [0.4, 0.5) is 5.69 Å². The maximum atomic E-state index is 12.5.